The number of aryl methyl sites for hydroxylation is 1. The van der Waals surface area contributed by atoms with Gasteiger partial charge in [0.1, 0.15) is 11.9 Å². The molecule has 20 heavy (non-hydrogen) atoms. The van der Waals surface area contributed by atoms with E-state index in [2.05, 4.69) is 4.72 Å². The molecule has 0 spiro atoms. The van der Waals surface area contributed by atoms with E-state index in [-0.39, 0.29) is 16.9 Å². The molecular weight excluding hydrogens is 305 g/mol. The number of hydrogen-bond donors (Lipinski definition) is 2. The first-order valence-electron chi connectivity index (χ1n) is 5.78. The summed E-state index contributed by atoms with van der Waals surface area (Å²) in [7, 11) is -3.98. The SMILES string of the molecule is CSCCC(NS(=O)(=O)c1ccc(F)c(C)c1)C(=O)O. The van der Waals surface area contributed by atoms with Gasteiger partial charge in [-0.1, -0.05) is 0 Å². The number of halogens is 1. The molecule has 0 heterocycles. The fraction of sp³-hybridized carbons (Fsp3) is 0.417. The molecule has 0 saturated heterocycles. The smallest absolute Gasteiger partial charge is 0.321 e. The Morgan fingerprint density at radius 3 is 2.65 bits per heavy atom. The van der Waals surface area contributed by atoms with Crippen molar-refractivity contribution in [2.75, 3.05) is 12.0 Å². The van der Waals surface area contributed by atoms with Crippen LogP contribution in [-0.2, 0) is 14.8 Å². The van der Waals surface area contributed by atoms with Gasteiger partial charge in [-0.2, -0.15) is 16.5 Å². The van der Waals surface area contributed by atoms with E-state index in [1.54, 1.807) is 6.26 Å². The van der Waals surface area contributed by atoms with Crippen molar-refractivity contribution in [1.82, 2.24) is 4.72 Å². The van der Waals surface area contributed by atoms with Gasteiger partial charge in [0.05, 0.1) is 4.90 Å². The normalized spacial score (nSPS) is 13.2. The summed E-state index contributed by atoms with van der Waals surface area (Å²) in [5.41, 5.74) is 0.184. The highest BCUT2D eigenvalue weighted by molar-refractivity contribution is 7.98. The van der Waals surface area contributed by atoms with E-state index >= 15 is 0 Å². The van der Waals surface area contributed by atoms with Crippen LogP contribution in [0.1, 0.15) is 12.0 Å². The summed E-state index contributed by atoms with van der Waals surface area (Å²) < 4.78 is 39.4. The van der Waals surface area contributed by atoms with Gasteiger partial charge in [0, 0.05) is 0 Å². The molecule has 8 heteroatoms. The van der Waals surface area contributed by atoms with E-state index < -0.39 is 27.9 Å². The van der Waals surface area contributed by atoms with E-state index in [0.717, 1.165) is 12.1 Å². The third kappa shape index (κ3) is 4.46. The number of rotatable bonds is 7. The van der Waals surface area contributed by atoms with Gasteiger partial charge in [-0.05, 0) is 49.1 Å². The molecule has 5 nitrogen and oxygen atoms in total. The zero-order valence-corrected chi connectivity index (χ0v) is 12.7. The minimum atomic E-state index is -3.98. The molecule has 1 atom stereocenters. The van der Waals surface area contributed by atoms with E-state index in [9.17, 15) is 17.6 Å². The summed E-state index contributed by atoms with van der Waals surface area (Å²) in [6.07, 6.45) is 1.98. The molecule has 0 saturated carbocycles. The highest BCUT2D eigenvalue weighted by atomic mass is 32.2. The minimum Gasteiger partial charge on any atom is -0.480 e. The quantitative estimate of drug-likeness (QED) is 0.797. The molecule has 0 amide bonds. The van der Waals surface area contributed by atoms with Crippen molar-refractivity contribution in [3.05, 3.63) is 29.6 Å². The largest absolute Gasteiger partial charge is 0.480 e. The monoisotopic (exact) mass is 321 g/mol. The maximum Gasteiger partial charge on any atom is 0.321 e. The molecule has 112 valence electrons. The predicted octanol–water partition coefficient (Wildman–Crippen LogP) is 1.62. The lowest BCUT2D eigenvalue weighted by atomic mass is 10.2. The van der Waals surface area contributed by atoms with Crippen molar-refractivity contribution >= 4 is 27.8 Å². The van der Waals surface area contributed by atoms with E-state index in [1.807, 2.05) is 0 Å². The van der Waals surface area contributed by atoms with Crippen LogP contribution in [-0.4, -0.2) is 37.5 Å². The summed E-state index contributed by atoms with van der Waals surface area (Å²) in [5.74, 6) is -1.23. The molecule has 1 aromatic carbocycles. The van der Waals surface area contributed by atoms with Gasteiger partial charge in [0.15, 0.2) is 0 Å². The zero-order chi connectivity index (χ0) is 15.3. The Kier molecular flexibility index (Phi) is 5.97. The number of carboxylic acids is 1. The third-order valence-electron chi connectivity index (χ3n) is 2.65. The van der Waals surface area contributed by atoms with Crippen LogP contribution in [0, 0.1) is 12.7 Å². The van der Waals surface area contributed by atoms with Crippen molar-refractivity contribution in [3.63, 3.8) is 0 Å². The number of thioether (sulfide) groups is 1. The lowest BCUT2D eigenvalue weighted by Gasteiger charge is -2.14. The molecule has 0 aliphatic rings. The number of carbonyl (C=O) groups is 1. The molecule has 1 rings (SSSR count). The maximum atomic E-state index is 13.1. The van der Waals surface area contributed by atoms with Crippen molar-refractivity contribution in [1.29, 1.82) is 0 Å². The van der Waals surface area contributed by atoms with Crippen LogP contribution in [0.15, 0.2) is 23.1 Å². The van der Waals surface area contributed by atoms with Gasteiger partial charge >= 0.3 is 5.97 Å². The van der Waals surface area contributed by atoms with Crippen LogP contribution in [0.2, 0.25) is 0 Å². The number of hydrogen-bond acceptors (Lipinski definition) is 4. The summed E-state index contributed by atoms with van der Waals surface area (Å²) in [6, 6.07) is 2.13. The second kappa shape index (κ2) is 7.05. The predicted molar refractivity (Wildman–Crippen MR) is 75.9 cm³/mol. The molecule has 0 aromatic heterocycles. The zero-order valence-electron chi connectivity index (χ0n) is 11.1. The summed E-state index contributed by atoms with van der Waals surface area (Å²) in [4.78, 5) is 10.9. The summed E-state index contributed by atoms with van der Waals surface area (Å²) in [6.45, 7) is 1.44. The maximum absolute atomic E-state index is 13.1. The van der Waals surface area contributed by atoms with Gasteiger partial charge < -0.3 is 5.11 Å². The minimum absolute atomic E-state index is 0.146. The summed E-state index contributed by atoms with van der Waals surface area (Å²) in [5, 5.41) is 9.01. The Balaban J connectivity index is 2.97. The van der Waals surface area contributed by atoms with Crippen LogP contribution in [0.5, 0.6) is 0 Å². The van der Waals surface area contributed by atoms with Crippen molar-refractivity contribution in [2.24, 2.45) is 0 Å². The van der Waals surface area contributed by atoms with Crippen LogP contribution in [0.4, 0.5) is 4.39 Å². The number of aliphatic carboxylic acids is 1. The lowest BCUT2D eigenvalue weighted by Crippen LogP contribution is -2.41. The number of benzene rings is 1. The van der Waals surface area contributed by atoms with Crippen LogP contribution >= 0.6 is 11.8 Å². The number of carboxylic acid groups (broad SMARTS) is 1. The molecule has 0 aliphatic heterocycles. The second-order valence-corrected chi connectivity index (χ2v) is 6.90. The van der Waals surface area contributed by atoms with Gasteiger partial charge in [0.2, 0.25) is 10.0 Å². The van der Waals surface area contributed by atoms with E-state index in [1.165, 1.54) is 24.8 Å². The van der Waals surface area contributed by atoms with Crippen molar-refractivity contribution in [3.8, 4) is 0 Å². The van der Waals surface area contributed by atoms with Gasteiger partial charge in [0.25, 0.3) is 0 Å². The van der Waals surface area contributed by atoms with Crippen molar-refractivity contribution < 1.29 is 22.7 Å². The molecule has 0 aliphatic carbocycles. The second-order valence-electron chi connectivity index (χ2n) is 4.20. The molecule has 1 unspecified atom stereocenters. The Bertz CT molecular complexity index is 589. The topological polar surface area (TPSA) is 83.5 Å². The Labute approximate surface area is 121 Å². The number of nitrogens with one attached hydrogen (secondary N) is 1. The number of sulfonamides is 1. The first kappa shape index (κ1) is 16.9. The van der Waals surface area contributed by atoms with Gasteiger partial charge in [-0.3, -0.25) is 4.79 Å². The van der Waals surface area contributed by atoms with E-state index in [4.69, 9.17) is 5.11 Å². The standard InChI is InChI=1S/C12H16FNO4S2/c1-8-7-9(3-4-10(8)13)20(17,18)14-11(12(15)16)5-6-19-2/h3-4,7,11,14H,5-6H2,1-2H3,(H,15,16). The first-order chi connectivity index (χ1) is 9.27. The fourth-order valence-electron chi connectivity index (χ4n) is 1.51. The van der Waals surface area contributed by atoms with Crippen LogP contribution < -0.4 is 4.72 Å². The average Bonchev–Trinajstić information content (AvgIpc) is 2.37. The molecule has 1 aromatic rings. The lowest BCUT2D eigenvalue weighted by molar-refractivity contribution is -0.139. The molecule has 0 bridgehead atoms. The molecular formula is C12H16FNO4S2. The van der Waals surface area contributed by atoms with Gasteiger partial charge in [-0.25, -0.2) is 12.8 Å². The van der Waals surface area contributed by atoms with Crippen LogP contribution in [0.25, 0.3) is 0 Å². The third-order valence-corrected chi connectivity index (χ3v) is 4.76. The van der Waals surface area contributed by atoms with Gasteiger partial charge in [-0.15, -0.1) is 0 Å². The molecule has 2 N–H and O–H groups in total. The van der Waals surface area contributed by atoms with E-state index in [0.29, 0.717) is 5.75 Å². The van der Waals surface area contributed by atoms with Crippen molar-refractivity contribution in [2.45, 2.75) is 24.3 Å². The Hall–Kier alpha value is -1.12. The van der Waals surface area contributed by atoms with Crippen LogP contribution in [0.3, 0.4) is 0 Å². The molecule has 0 fully saturated rings. The average molecular weight is 321 g/mol. The Morgan fingerprint density at radius 2 is 2.15 bits per heavy atom. The molecule has 0 radical (unpaired) electrons. The fourth-order valence-corrected chi connectivity index (χ4v) is 3.29. The highest BCUT2D eigenvalue weighted by Gasteiger charge is 2.25. The Morgan fingerprint density at radius 1 is 1.50 bits per heavy atom. The first-order valence-corrected chi connectivity index (χ1v) is 8.66. The highest BCUT2D eigenvalue weighted by Crippen LogP contribution is 2.15. The summed E-state index contributed by atoms with van der Waals surface area (Å²) >= 11 is 1.43.